The zero-order chi connectivity index (χ0) is 20.3. The van der Waals surface area contributed by atoms with Crippen LogP contribution in [0.15, 0.2) is 36.4 Å². The molecule has 2 aromatic rings. The number of fused-ring (bicyclic) bond motifs is 1. The molecule has 2 N–H and O–H groups in total. The molecule has 8 nitrogen and oxygen atoms in total. The van der Waals surface area contributed by atoms with E-state index in [1.807, 2.05) is 13.0 Å². The van der Waals surface area contributed by atoms with E-state index in [0.717, 1.165) is 11.8 Å². The van der Waals surface area contributed by atoms with Gasteiger partial charge >= 0.3 is 0 Å². The van der Waals surface area contributed by atoms with Crippen LogP contribution in [0.3, 0.4) is 0 Å². The summed E-state index contributed by atoms with van der Waals surface area (Å²) >= 11 is 0. The summed E-state index contributed by atoms with van der Waals surface area (Å²) in [7, 11) is -1.88. The van der Waals surface area contributed by atoms with Gasteiger partial charge in [-0.1, -0.05) is 12.1 Å². The van der Waals surface area contributed by atoms with E-state index in [1.165, 1.54) is 7.11 Å². The topological polar surface area (TPSA) is 103 Å². The summed E-state index contributed by atoms with van der Waals surface area (Å²) in [6, 6.07) is 9.70. The van der Waals surface area contributed by atoms with Gasteiger partial charge in [0.05, 0.1) is 19.4 Å². The molecule has 0 saturated heterocycles. The molecule has 0 spiro atoms. The molecule has 0 aliphatic carbocycles. The molecule has 9 heteroatoms. The van der Waals surface area contributed by atoms with Gasteiger partial charge in [0.25, 0.3) is 5.91 Å². The number of methoxy groups -OCH3 is 1. The Labute approximate surface area is 163 Å². The van der Waals surface area contributed by atoms with Gasteiger partial charge in [-0.15, -0.1) is 0 Å². The van der Waals surface area contributed by atoms with Crippen LogP contribution in [0.2, 0.25) is 0 Å². The van der Waals surface area contributed by atoms with Crippen LogP contribution >= 0.6 is 0 Å². The number of rotatable bonds is 6. The first-order valence-electron chi connectivity index (χ1n) is 8.63. The van der Waals surface area contributed by atoms with Crippen molar-refractivity contribution in [1.29, 1.82) is 0 Å². The number of sulfonamides is 1. The minimum atomic E-state index is -3.38. The van der Waals surface area contributed by atoms with Gasteiger partial charge in [-0.2, -0.15) is 0 Å². The summed E-state index contributed by atoms with van der Waals surface area (Å²) in [6.07, 6.45) is 1.08. The van der Waals surface area contributed by atoms with Crippen molar-refractivity contribution < 1.29 is 27.4 Å². The zero-order valence-electron chi connectivity index (χ0n) is 15.8. The van der Waals surface area contributed by atoms with E-state index in [0.29, 0.717) is 41.7 Å². The summed E-state index contributed by atoms with van der Waals surface area (Å²) in [5, 5.41) is 2.89. The molecule has 1 amide bonds. The van der Waals surface area contributed by atoms with Crippen LogP contribution in [0.4, 0.5) is 5.69 Å². The molecular weight excluding hydrogens is 384 g/mol. The predicted molar refractivity (Wildman–Crippen MR) is 105 cm³/mol. The first-order valence-corrected chi connectivity index (χ1v) is 10.5. The maximum Gasteiger partial charge on any atom is 0.252 e. The number of benzene rings is 2. The summed E-state index contributed by atoms with van der Waals surface area (Å²) in [6.45, 7) is 2.63. The molecule has 0 saturated carbocycles. The van der Waals surface area contributed by atoms with Crippen LogP contribution in [0.5, 0.6) is 17.2 Å². The molecular formula is C19H22N2O6S. The average molecular weight is 406 g/mol. The highest BCUT2D eigenvalue weighted by atomic mass is 32.2. The predicted octanol–water partition coefficient (Wildman–Crippen LogP) is 2.33. The van der Waals surface area contributed by atoms with Gasteiger partial charge in [0.15, 0.2) is 11.5 Å². The number of amides is 1. The number of hydrogen-bond donors (Lipinski definition) is 2. The highest BCUT2D eigenvalue weighted by Gasteiger charge is 2.22. The number of carbonyl (C=O) groups excluding carboxylic acids is 1. The van der Waals surface area contributed by atoms with E-state index >= 15 is 0 Å². The molecule has 0 fully saturated rings. The fraction of sp³-hybridized carbons (Fsp3) is 0.316. The fourth-order valence-electron chi connectivity index (χ4n) is 2.85. The monoisotopic (exact) mass is 406 g/mol. The van der Waals surface area contributed by atoms with Crippen LogP contribution < -0.4 is 24.2 Å². The maximum atomic E-state index is 12.7. The number of carbonyl (C=O) groups is 1. The second-order valence-corrected chi connectivity index (χ2v) is 8.15. The van der Waals surface area contributed by atoms with Crippen molar-refractivity contribution in [2.75, 3.05) is 31.3 Å². The molecule has 150 valence electrons. The molecule has 3 rings (SSSR count). The van der Waals surface area contributed by atoms with Crippen LogP contribution in [0.1, 0.15) is 28.9 Å². The van der Waals surface area contributed by atoms with Gasteiger partial charge in [-0.05, 0) is 36.8 Å². The summed E-state index contributed by atoms with van der Waals surface area (Å²) in [5.41, 5.74) is 1.56. The summed E-state index contributed by atoms with van der Waals surface area (Å²) in [4.78, 5) is 12.7. The standard InChI is InChI=1S/C19H22N2O6S/c1-12(13-5-4-6-15(9-13)21-28(3,23)24)20-19(22)14-10-16(25-2)18-17(11-14)26-7-8-27-18/h4-6,9-12,21H,7-8H2,1-3H3,(H,20,22). The highest BCUT2D eigenvalue weighted by Crippen LogP contribution is 2.40. The Morgan fingerprint density at radius 1 is 1.18 bits per heavy atom. The molecule has 0 radical (unpaired) electrons. The minimum Gasteiger partial charge on any atom is -0.493 e. The lowest BCUT2D eigenvalue weighted by molar-refractivity contribution is 0.0938. The van der Waals surface area contributed by atoms with Crippen molar-refractivity contribution in [2.24, 2.45) is 0 Å². The Bertz CT molecular complexity index is 973. The molecule has 1 atom stereocenters. The van der Waals surface area contributed by atoms with Crippen molar-refractivity contribution in [3.05, 3.63) is 47.5 Å². The Morgan fingerprint density at radius 2 is 1.93 bits per heavy atom. The Hall–Kier alpha value is -2.94. The highest BCUT2D eigenvalue weighted by molar-refractivity contribution is 7.92. The van der Waals surface area contributed by atoms with Gasteiger partial charge < -0.3 is 19.5 Å². The molecule has 1 aliphatic rings. The molecule has 1 unspecified atom stereocenters. The summed E-state index contributed by atoms with van der Waals surface area (Å²) in [5.74, 6) is 1.05. The number of nitrogens with one attached hydrogen (secondary N) is 2. The lowest BCUT2D eigenvalue weighted by Crippen LogP contribution is -2.27. The maximum absolute atomic E-state index is 12.7. The van der Waals surface area contributed by atoms with Gasteiger partial charge in [0, 0.05) is 11.3 Å². The second kappa shape index (κ2) is 7.97. The van der Waals surface area contributed by atoms with Gasteiger partial charge in [0.2, 0.25) is 15.8 Å². The third kappa shape index (κ3) is 4.66. The largest absolute Gasteiger partial charge is 0.493 e. The van der Waals surface area contributed by atoms with Crippen LogP contribution in [-0.4, -0.2) is 40.9 Å². The van der Waals surface area contributed by atoms with Crippen molar-refractivity contribution >= 4 is 21.6 Å². The molecule has 28 heavy (non-hydrogen) atoms. The van der Waals surface area contributed by atoms with E-state index in [1.54, 1.807) is 30.3 Å². The molecule has 2 aromatic carbocycles. The van der Waals surface area contributed by atoms with E-state index in [2.05, 4.69) is 10.0 Å². The van der Waals surface area contributed by atoms with Gasteiger partial charge in [0.1, 0.15) is 13.2 Å². The normalized spacial score (nSPS) is 14.1. The van der Waals surface area contributed by atoms with E-state index < -0.39 is 10.0 Å². The van der Waals surface area contributed by atoms with Crippen molar-refractivity contribution in [2.45, 2.75) is 13.0 Å². The third-order valence-electron chi connectivity index (χ3n) is 4.13. The van der Waals surface area contributed by atoms with E-state index in [9.17, 15) is 13.2 Å². The van der Waals surface area contributed by atoms with E-state index in [4.69, 9.17) is 14.2 Å². The van der Waals surface area contributed by atoms with Crippen LogP contribution in [-0.2, 0) is 10.0 Å². The van der Waals surface area contributed by atoms with E-state index in [-0.39, 0.29) is 11.9 Å². The van der Waals surface area contributed by atoms with Crippen LogP contribution in [0, 0.1) is 0 Å². The van der Waals surface area contributed by atoms with Crippen molar-refractivity contribution in [1.82, 2.24) is 5.32 Å². The lowest BCUT2D eigenvalue weighted by atomic mass is 10.1. The average Bonchev–Trinajstić information content (AvgIpc) is 2.65. The first-order chi connectivity index (χ1) is 13.3. The number of hydrogen-bond acceptors (Lipinski definition) is 6. The quantitative estimate of drug-likeness (QED) is 0.763. The molecule has 0 bridgehead atoms. The Morgan fingerprint density at radius 3 is 2.64 bits per heavy atom. The van der Waals surface area contributed by atoms with Gasteiger partial charge in [-0.3, -0.25) is 9.52 Å². The minimum absolute atomic E-state index is 0.316. The zero-order valence-corrected chi connectivity index (χ0v) is 16.6. The Balaban J connectivity index is 1.79. The molecule has 0 aromatic heterocycles. The number of ether oxygens (including phenoxy) is 3. The van der Waals surface area contributed by atoms with Gasteiger partial charge in [-0.25, -0.2) is 8.42 Å². The van der Waals surface area contributed by atoms with Crippen molar-refractivity contribution in [3.8, 4) is 17.2 Å². The SMILES string of the molecule is COc1cc(C(=O)NC(C)c2cccc(NS(C)(=O)=O)c2)cc2c1OCCO2. The second-order valence-electron chi connectivity index (χ2n) is 6.40. The van der Waals surface area contributed by atoms with Crippen molar-refractivity contribution in [3.63, 3.8) is 0 Å². The number of anilines is 1. The smallest absolute Gasteiger partial charge is 0.252 e. The third-order valence-corrected chi connectivity index (χ3v) is 4.73. The first kappa shape index (κ1) is 19.8. The molecule has 1 aliphatic heterocycles. The van der Waals surface area contributed by atoms with Crippen LogP contribution in [0.25, 0.3) is 0 Å². The fourth-order valence-corrected chi connectivity index (χ4v) is 3.41. The summed E-state index contributed by atoms with van der Waals surface area (Å²) < 4.78 is 41.6. The Kier molecular flexibility index (Phi) is 5.64. The lowest BCUT2D eigenvalue weighted by Gasteiger charge is -2.22. The molecule has 1 heterocycles.